The Hall–Kier alpha value is -2.30. The highest BCUT2D eigenvalue weighted by Crippen LogP contribution is 2.15. The molecule has 2 aromatic rings. The van der Waals surface area contributed by atoms with Gasteiger partial charge in [0.15, 0.2) is 0 Å². The van der Waals surface area contributed by atoms with E-state index in [-0.39, 0.29) is 11.7 Å². The Labute approximate surface area is 123 Å². The Morgan fingerprint density at radius 3 is 2.52 bits per heavy atom. The molecule has 112 valence electrons. The molecule has 0 aliphatic rings. The maximum atomic E-state index is 12.8. The summed E-state index contributed by atoms with van der Waals surface area (Å²) in [5.41, 5.74) is 0.566. The van der Waals surface area contributed by atoms with Gasteiger partial charge in [-0.2, -0.15) is 0 Å². The second-order valence-electron chi connectivity index (χ2n) is 4.86. The predicted molar refractivity (Wildman–Crippen MR) is 77.0 cm³/mol. The third-order valence-electron chi connectivity index (χ3n) is 3.13. The Morgan fingerprint density at radius 1 is 1.29 bits per heavy atom. The molecule has 4 nitrogen and oxygen atoms in total. The van der Waals surface area contributed by atoms with Crippen LogP contribution in [0.25, 0.3) is 0 Å². The summed E-state index contributed by atoms with van der Waals surface area (Å²) in [6.07, 6.45) is 0. The topological polar surface area (TPSA) is 42.7 Å². The van der Waals surface area contributed by atoms with E-state index in [1.54, 1.807) is 44.0 Å². The number of aryl methyl sites for hydroxylation is 2. The fraction of sp³-hybridized carbons (Fsp3) is 0.312. The zero-order chi connectivity index (χ0) is 15.4. The van der Waals surface area contributed by atoms with Gasteiger partial charge in [0, 0.05) is 7.05 Å². The molecule has 2 rings (SSSR count). The first-order valence-electron chi connectivity index (χ1n) is 6.68. The van der Waals surface area contributed by atoms with Gasteiger partial charge in [-0.1, -0.05) is 0 Å². The molecule has 0 bridgehead atoms. The van der Waals surface area contributed by atoms with Crippen molar-refractivity contribution in [2.24, 2.45) is 0 Å². The highest BCUT2D eigenvalue weighted by Gasteiger charge is 2.17. The SMILES string of the molecule is Cc1cc(C(=O)N(C)CCOc2ccc(F)cc2)c(C)o1. The van der Waals surface area contributed by atoms with Gasteiger partial charge in [0.2, 0.25) is 0 Å². The lowest BCUT2D eigenvalue weighted by atomic mass is 10.2. The number of carbonyl (C=O) groups excluding carboxylic acids is 1. The maximum Gasteiger partial charge on any atom is 0.257 e. The molecule has 0 atom stereocenters. The molecule has 5 heteroatoms. The highest BCUT2D eigenvalue weighted by atomic mass is 19.1. The van der Waals surface area contributed by atoms with E-state index in [1.807, 2.05) is 0 Å². The number of benzene rings is 1. The van der Waals surface area contributed by atoms with Crippen molar-refractivity contribution >= 4 is 5.91 Å². The molecular formula is C16H18FNO3. The van der Waals surface area contributed by atoms with Crippen LogP contribution in [0.2, 0.25) is 0 Å². The van der Waals surface area contributed by atoms with Crippen molar-refractivity contribution in [1.29, 1.82) is 0 Å². The summed E-state index contributed by atoms with van der Waals surface area (Å²) in [7, 11) is 1.71. The summed E-state index contributed by atoms with van der Waals surface area (Å²) in [5.74, 6) is 1.50. The third-order valence-corrected chi connectivity index (χ3v) is 3.13. The number of furan rings is 1. The van der Waals surface area contributed by atoms with E-state index in [4.69, 9.17) is 9.15 Å². The van der Waals surface area contributed by atoms with Crippen LogP contribution >= 0.6 is 0 Å². The molecule has 0 N–H and O–H groups in total. The van der Waals surface area contributed by atoms with Crippen molar-refractivity contribution in [3.63, 3.8) is 0 Å². The Kier molecular flexibility index (Phi) is 4.62. The normalized spacial score (nSPS) is 10.5. The average molecular weight is 291 g/mol. The largest absolute Gasteiger partial charge is 0.492 e. The van der Waals surface area contributed by atoms with Gasteiger partial charge in [0.05, 0.1) is 12.1 Å². The van der Waals surface area contributed by atoms with Gasteiger partial charge in [-0.3, -0.25) is 4.79 Å². The lowest BCUT2D eigenvalue weighted by molar-refractivity contribution is 0.0772. The Morgan fingerprint density at radius 2 is 1.95 bits per heavy atom. The van der Waals surface area contributed by atoms with E-state index >= 15 is 0 Å². The van der Waals surface area contributed by atoms with Crippen LogP contribution < -0.4 is 4.74 Å². The van der Waals surface area contributed by atoms with Gasteiger partial charge in [0.1, 0.15) is 29.7 Å². The van der Waals surface area contributed by atoms with E-state index in [9.17, 15) is 9.18 Å². The zero-order valence-electron chi connectivity index (χ0n) is 12.4. The molecule has 0 unspecified atom stereocenters. The number of likely N-dealkylation sites (N-methyl/N-ethyl adjacent to an activating group) is 1. The van der Waals surface area contributed by atoms with E-state index in [0.29, 0.717) is 36.0 Å². The molecule has 0 saturated heterocycles. The molecule has 0 aliphatic carbocycles. The van der Waals surface area contributed by atoms with Gasteiger partial charge < -0.3 is 14.1 Å². The zero-order valence-corrected chi connectivity index (χ0v) is 12.4. The minimum absolute atomic E-state index is 0.105. The van der Waals surface area contributed by atoms with Gasteiger partial charge in [0.25, 0.3) is 5.91 Å². The summed E-state index contributed by atoms with van der Waals surface area (Å²) in [4.78, 5) is 13.8. The monoisotopic (exact) mass is 291 g/mol. The highest BCUT2D eigenvalue weighted by molar-refractivity contribution is 5.95. The van der Waals surface area contributed by atoms with Crippen LogP contribution in [-0.2, 0) is 0 Å². The number of halogens is 1. The van der Waals surface area contributed by atoms with Crippen molar-refractivity contribution in [1.82, 2.24) is 4.90 Å². The predicted octanol–water partition coefficient (Wildman–Crippen LogP) is 3.19. The van der Waals surface area contributed by atoms with E-state index in [1.165, 1.54) is 12.1 Å². The quantitative estimate of drug-likeness (QED) is 0.849. The summed E-state index contributed by atoms with van der Waals surface area (Å²) in [6.45, 7) is 4.34. The fourth-order valence-electron chi connectivity index (χ4n) is 1.98. The second-order valence-corrected chi connectivity index (χ2v) is 4.86. The third kappa shape index (κ3) is 3.84. The Balaban J connectivity index is 1.87. The van der Waals surface area contributed by atoms with Crippen LogP contribution in [0.3, 0.4) is 0 Å². The Bertz CT molecular complexity index is 619. The van der Waals surface area contributed by atoms with Crippen molar-refractivity contribution in [3.05, 3.63) is 53.2 Å². The molecule has 1 heterocycles. The molecule has 21 heavy (non-hydrogen) atoms. The summed E-state index contributed by atoms with van der Waals surface area (Å²) < 4.78 is 23.6. The first-order chi connectivity index (χ1) is 9.97. The number of rotatable bonds is 5. The molecule has 1 aromatic carbocycles. The number of amides is 1. The van der Waals surface area contributed by atoms with Crippen molar-refractivity contribution in [2.75, 3.05) is 20.2 Å². The van der Waals surface area contributed by atoms with E-state index in [0.717, 1.165) is 0 Å². The second kappa shape index (κ2) is 6.43. The van der Waals surface area contributed by atoms with Gasteiger partial charge >= 0.3 is 0 Å². The van der Waals surface area contributed by atoms with Crippen LogP contribution in [0, 0.1) is 19.7 Å². The number of ether oxygens (including phenoxy) is 1. The number of hydrogen-bond donors (Lipinski definition) is 0. The summed E-state index contributed by atoms with van der Waals surface area (Å²) in [5, 5.41) is 0. The summed E-state index contributed by atoms with van der Waals surface area (Å²) in [6, 6.07) is 7.51. The van der Waals surface area contributed by atoms with Gasteiger partial charge in [-0.15, -0.1) is 0 Å². The van der Waals surface area contributed by atoms with Crippen molar-refractivity contribution < 1.29 is 18.3 Å². The first kappa shape index (κ1) is 15.1. The van der Waals surface area contributed by atoms with E-state index < -0.39 is 0 Å². The molecule has 1 amide bonds. The minimum atomic E-state index is -0.305. The van der Waals surface area contributed by atoms with Crippen LogP contribution in [0.15, 0.2) is 34.7 Å². The van der Waals surface area contributed by atoms with Crippen LogP contribution in [0.5, 0.6) is 5.75 Å². The molecular weight excluding hydrogens is 273 g/mol. The standard InChI is InChI=1S/C16H18FNO3/c1-11-10-15(12(2)21-11)16(19)18(3)8-9-20-14-6-4-13(17)5-7-14/h4-7,10H,8-9H2,1-3H3. The maximum absolute atomic E-state index is 12.8. The molecule has 0 spiro atoms. The smallest absolute Gasteiger partial charge is 0.257 e. The fourth-order valence-corrected chi connectivity index (χ4v) is 1.98. The lowest BCUT2D eigenvalue weighted by Gasteiger charge is -2.17. The van der Waals surface area contributed by atoms with Crippen molar-refractivity contribution in [2.45, 2.75) is 13.8 Å². The van der Waals surface area contributed by atoms with Crippen LogP contribution in [0.1, 0.15) is 21.9 Å². The first-order valence-corrected chi connectivity index (χ1v) is 6.68. The molecule has 1 aromatic heterocycles. The van der Waals surface area contributed by atoms with Crippen molar-refractivity contribution in [3.8, 4) is 5.75 Å². The number of hydrogen-bond acceptors (Lipinski definition) is 3. The van der Waals surface area contributed by atoms with Crippen LogP contribution in [-0.4, -0.2) is 31.0 Å². The lowest BCUT2D eigenvalue weighted by Crippen LogP contribution is -2.31. The average Bonchev–Trinajstić information content (AvgIpc) is 2.79. The molecule has 0 saturated carbocycles. The summed E-state index contributed by atoms with van der Waals surface area (Å²) >= 11 is 0. The molecule has 0 fully saturated rings. The number of nitrogens with zero attached hydrogens (tertiary/aromatic N) is 1. The molecule has 0 radical (unpaired) electrons. The minimum Gasteiger partial charge on any atom is -0.492 e. The number of carbonyl (C=O) groups is 1. The molecule has 0 aliphatic heterocycles. The van der Waals surface area contributed by atoms with E-state index in [2.05, 4.69) is 0 Å². The van der Waals surface area contributed by atoms with Gasteiger partial charge in [-0.25, -0.2) is 4.39 Å². The van der Waals surface area contributed by atoms with Crippen LogP contribution in [0.4, 0.5) is 4.39 Å². The van der Waals surface area contributed by atoms with Gasteiger partial charge in [-0.05, 0) is 44.2 Å².